The Bertz CT molecular complexity index is 663. The van der Waals surface area contributed by atoms with Crippen molar-refractivity contribution < 1.29 is 4.79 Å². The molecule has 0 radical (unpaired) electrons. The molecule has 6 nitrogen and oxygen atoms in total. The summed E-state index contributed by atoms with van der Waals surface area (Å²) in [5, 5.41) is 8.89. The van der Waals surface area contributed by atoms with E-state index in [4.69, 9.17) is 0 Å². The Morgan fingerprint density at radius 3 is 2.62 bits per heavy atom. The standard InChI is InChI=1S/C20H31N5O/c26-20(17-13-15-5-6-16(17)12-15)24-10-8-23(9-11-24)14-19-22-21-18-4-2-1-3-7-25(18)19/h15-17H,1-14H2/t15-,16-,17-/m0/s1. The quantitative estimate of drug-likeness (QED) is 0.831. The van der Waals surface area contributed by atoms with Crippen molar-refractivity contribution in [3.05, 3.63) is 11.6 Å². The van der Waals surface area contributed by atoms with Crippen LogP contribution >= 0.6 is 0 Å². The highest BCUT2D eigenvalue weighted by atomic mass is 16.2. The summed E-state index contributed by atoms with van der Waals surface area (Å²) in [5.41, 5.74) is 0. The van der Waals surface area contributed by atoms with Crippen LogP contribution in [0.4, 0.5) is 0 Å². The van der Waals surface area contributed by atoms with Gasteiger partial charge in [-0.3, -0.25) is 9.69 Å². The largest absolute Gasteiger partial charge is 0.340 e. The van der Waals surface area contributed by atoms with E-state index < -0.39 is 0 Å². The van der Waals surface area contributed by atoms with E-state index in [9.17, 15) is 4.79 Å². The van der Waals surface area contributed by atoms with Crippen molar-refractivity contribution in [1.82, 2.24) is 24.6 Å². The van der Waals surface area contributed by atoms with E-state index in [0.29, 0.717) is 17.7 Å². The first kappa shape index (κ1) is 16.7. The number of aromatic nitrogens is 3. The Labute approximate surface area is 155 Å². The third-order valence-electron chi connectivity index (χ3n) is 7.29. The van der Waals surface area contributed by atoms with Crippen molar-refractivity contribution in [1.29, 1.82) is 0 Å². The van der Waals surface area contributed by atoms with Crippen LogP contribution in [0.3, 0.4) is 0 Å². The highest BCUT2D eigenvalue weighted by Crippen LogP contribution is 2.48. The first-order valence-corrected chi connectivity index (χ1v) is 10.7. The number of carbonyl (C=O) groups excluding carboxylic acids is 1. The molecule has 5 rings (SSSR count). The van der Waals surface area contributed by atoms with Gasteiger partial charge in [0.15, 0.2) is 0 Å². The maximum atomic E-state index is 12.9. The number of hydrogen-bond acceptors (Lipinski definition) is 4. The smallest absolute Gasteiger partial charge is 0.226 e. The average molecular weight is 358 g/mol. The van der Waals surface area contributed by atoms with Crippen LogP contribution in [0.25, 0.3) is 0 Å². The van der Waals surface area contributed by atoms with E-state index in [1.807, 2.05) is 0 Å². The minimum absolute atomic E-state index is 0.340. The minimum Gasteiger partial charge on any atom is -0.340 e. The van der Waals surface area contributed by atoms with Crippen molar-refractivity contribution in [3.63, 3.8) is 0 Å². The molecule has 4 aliphatic rings. The molecule has 1 saturated heterocycles. The van der Waals surface area contributed by atoms with Crippen LogP contribution in [0.5, 0.6) is 0 Å². The molecule has 3 fully saturated rings. The second kappa shape index (κ2) is 6.95. The van der Waals surface area contributed by atoms with Gasteiger partial charge in [-0.1, -0.05) is 12.8 Å². The second-order valence-electron chi connectivity index (χ2n) is 8.88. The van der Waals surface area contributed by atoms with Gasteiger partial charge in [0.1, 0.15) is 11.6 Å². The summed E-state index contributed by atoms with van der Waals surface area (Å²) in [4.78, 5) is 17.5. The zero-order chi connectivity index (χ0) is 17.5. The van der Waals surface area contributed by atoms with E-state index in [2.05, 4.69) is 24.6 Å². The zero-order valence-corrected chi connectivity index (χ0v) is 15.8. The van der Waals surface area contributed by atoms with E-state index >= 15 is 0 Å². The van der Waals surface area contributed by atoms with Gasteiger partial charge >= 0.3 is 0 Å². The fourth-order valence-electron chi connectivity index (χ4n) is 5.77. The lowest BCUT2D eigenvalue weighted by molar-refractivity contribution is -0.139. The second-order valence-corrected chi connectivity index (χ2v) is 8.88. The van der Waals surface area contributed by atoms with Crippen molar-refractivity contribution in [2.24, 2.45) is 17.8 Å². The number of hydrogen-bond donors (Lipinski definition) is 0. The Kier molecular flexibility index (Phi) is 4.47. The third kappa shape index (κ3) is 3.06. The molecule has 0 unspecified atom stereocenters. The summed E-state index contributed by atoms with van der Waals surface area (Å²) in [6, 6.07) is 0. The van der Waals surface area contributed by atoms with Crippen LogP contribution in [-0.4, -0.2) is 56.7 Å². The molecule has 6 heteroatoms. The molecule has 2 aliphatic carbocycles. The zero-order valence-electron chi connectivity index (χ0n) is 15.8. The number of piperazine rings is 1. The number of rotatable bonds is 3. The van der Waals surface area contributed by atoms with Gasteiger partial charge in [-0.15, -0.1) is 10.2 Å². The number of nitrogens with zero attached hydrogens (tertiary/aromatic N) is 5. The Hall–Kier alpha value is -1.43. The van der Waals surface area contributed by atoms with Gasteiger partial charge in [0.05, 0.1) is 6.54 Å². The van der Waals surface area contributed by atoms with E-state index in [1.165, 1.54) is 44.3 Å². The first-order valence-electron chi connectivity index (χ1n) is 10.7. The molecule has 0 spiro atoms. The maximum Gasteiger partial charge on any atom is 0.226 e. The molecular weight excluding hydrogens is 326 g/mol. The molecule has 3 heterocycles. The van der Waals surface area contributed by atoms with Crippen molar-refractivity contribution in [2.75, 3.05) is 26.2 Å². The SMILES string of the molecule is O=C([C@H]1C[C@H]2CC[C@H]1C2)N1CCN(Cc2nnc3n2CCCCC3)CC1. The van der Waals surface area contributed by atoms with Crippen molar-refractivity contribution in [3.8, 4) is 0 Å². The van der Waals surface area contributed by atoms with Crippen LogP contribution in [0.15, 0.2) is 0 Å². The molecule has 26 heavy (non-hydrogen) atoms. The summed E-state index contributed by atoms with van der Waals surface area (Å²) >= 11 is 0. The monoisotopic (exact) mass is 357 g/mol. The molecule has 2 saturated carbocycles. The van der Waals surface area contributed by atoms with Gasteiger partial charge in [-0.05, 0) is 43.9 Å². The lowest BCUT2D eigenvalue weighted by atomic mass is 9.87. The van der Waals surface area contributed by atoms with E-state index in [0.717, 1.165) is 63.9 Å². The summed E-state index contributed by atoms with van der Waals surface area (Å²) in [7, 11) is 0. The lowest BCUT2D eigenvalue weighted by Gasteiger charge is -2.37. The molecule has 0 N–H and O–H groups in total. The minimum atomic E-state index is 0.340. The van der Waals surface area contributed by atoms with Crippen LogP contribution in [-0.2, 0) is 24.3 Å². The number of aryl methyl sites for hydroxylation is 1. The van der Waals surface area contributed by atoms with Crippen LogP contribution in [0, 0.1) is 17.8 Å². The first-order chi connectivity index (χ1) is 12.8. The van der Waals surface area contributed by atoms with Gasteiger partial charge < -0.3 is 9.47 Å². The molecule has 1 aromatic rings. The van der Waals surface area contributed by atoms with Gasteiger partial charge in [0.25, 0.3) is 0 Å². The summed E-state index contributed by atoms with van der Waals surface area (Å²) in [6.45, 7) is 5.65. The predicted octanol–water partition coefficient (Wildman–Crippen LogP) is 2.08. The highest BCUT2D eigenvalue weighted by molar-refractivity contribution is 5.79. The van der Waals surface area contributed by atoms with E-state index in [-0.39, 0.29) is 0 Å². The molecule has 2 bridgehead atoms. The Balaban J connectivity index is 1.16. The number of amides is 1. The van der Waals surface area contributed by atoms with Crippen molar-refractivity contribution >= 4 is 5.91 Å². The summed E-state index contributed by atoms with van der Waals surface area (Å²) in [6.07, 6.45) is 9.98. The Morgan fingerprint density at radius 1 is 0.962 bits per heavy atom. The maximum absolute atomic E-state index is 12.9. The molecular formula is C20H31N5O. The van der Waals surface area contributed by atoms with Crippen molar-refractivity contribution in [2.45, 2.75) is 64.5 Å². The van der Waals surface area contributed by atoms with Gasteiger partial charge in [0, 0.05) is 45.1 Å². The van der Waals surface area contributed by atoms with Gasteiger partial charge in [0.2, 0.25) is 5.91 Å². The number of carbonyl (C=O) groups is 1. The summed E-state index contributed by atoms with van der Waals surface area (Å²) in [5.74, 6) is 4.62. The molecule has 142 valence electrons. The third-order valence-corrected chi connectivity index (χ3v) is 7.29. The molecule has 3 atom stereocenters. The average Bonchev–Trinajstić information content (AvgIpc) is 3.35. The molecule has 1 amide bonds. The highest BCUT2D eigenvalue weighted by Gasteiger charge is 2.44. The van der Waals surface area contributed by atoms with Crippen LogP contribution in [0.1, 0.15) is 56.6 Å². The van der Waals surface area contributed by atoms with Crippen LogP contribution in [0.2, 0.25) is 0 Å². The predicted molar refractivity (Wildman–Crippen MR) is 98.4 cm³/mol. The normalized spacial score (nSPS) is 31.8. The van der Waals surface area contributed by atoms with Gasteiger partial charge in [-0.2, -0.15) is 0 Å². The molecule has 1 aromatic heterocycles. The fourth-order valence-corrected chi connectivity index (χ4v) is 5.77. The Morgan fingerprint density at radius 2 is 1.85 bits per heavy atom. The van der Waals surface area contributed by atoms with E-state index in [1.54, 1.807) is 0 Å². The number of fused-ring (bicyclic) bond motifs is 3. The lowest BCUT2D eigenvalue weighted by Crippen LogP contribution is -2.50. The van der Waals surface area contributed by atoms with Crippen LogP contribution < -0.4 is 0 Å². The molecule has 0 aromatic carbocycles. The summed E-state index contributed by atoms with van der Waals surface area (Å²) < 4.78 is 2.35. The fraction of sp³-hybridized carbons (Fsp3) is 0.850. The van der Waals surface area contributed by atoms with Gasteiger partial charge in [-0.25, -0.2) is 0 Å². The molecule has 2 aliphatic heterocycles. The topological polar surface area (TPSA) is 54.3 Å².